The van der Waals surface area contributed by atoms with Gasteiger partial charge in [0.05, 0.1) is 0 Å². The van der Waals surface area contributed by atoms with Crippen LogP contribution in [0.15, 0.2) is 18.2 Å². The number of nitrogens with zero attached hydrogens (tertiary/aromatic N) is 1. The number of aryl methyl sites for hydroxylation is 1. The Bertz CT molecular complexity index is 384. The first-order valence-corrected chi connectivity index (χ1v) is 6.86. The second-order valence-corrected chi connectivity index (χ2v) is 5.39. The third-order valence-corrected chi connectivity index (χ3v) is 3.79. The molecular weight excluding hydrogens is 224 g/mol. The minimum Gasteiger partial charge on any atom is -0.492 e. The average Bonchev–Trinajstić information content (AvgIpc) is 2.36. The molecule has 1 aliphatic rings. The van der Waals surface area contributed by atoms with E-state index >= 15 is 0 Å². The molecule has 100 valence electrons. The Morgan fingerprint density at radius 1 is 1.33 bits per heavy atom. The minimum atomic E-state index is 0.762. The molecule has 0 atom stereocenters. The first-order valence-electron chi connectivity index (χ1n) is 6.86. The summed E-state index contributed by atoms with van der Waals surface area (Å²) in [5.41, 5.74) is 7.69. The predicted octanol–water partition coefficient (Wildman–Crippen LogP) is 2.69. The van der Waals surface area contributed by atoms with Gasteiger partial charge in [0.25, 0.3) is 0 Å². The SMILES string of the molecule is Cc1cc(OCCN2CCC(C)CC2)ccc1N. The summed E-state index contributed by atoms with van der Waals surface area (Å²) < 4.78 is 5.77. The maximum absolute atomic E-state index is 5.78. The van der Waals surface area contributed by atoms with E-state index in [1.54, 1.807) is 0 Å². The molecule has 3 nitrogen and oxygen atoms in total. The molecule has 1 aromatic carbocycles. The molecule has 0 aromatic heterocycles. The molecule has 0 amide bonds. The molecule has 0 aliphatic carbocycles. The minimum absolute atomic E-state index is 0.762. The third-order valence-electron chi connectivity index (χ3n) is 3.79. The van der Waals surface area contributed by atoms with Crippen molar-refractivity contribution in [1.29, 1.82) is 0 Å². The van der Waals surface area contributed by atoms with Crippen molar-refractivity contribution in [3.63, 3.8) is 0 Å². The Labute approximate surface area is 110 Å². The number of benzene rings is 1. The predicted molar refractivity (Wildman–Crippen MR) is 75.9 cm³/mol. The molecule has 1 saturated heterocycles. The molecule has 1 aromatic rings. The molecular formula is C15H24N2O. The van der Waals surface area contributed by atoms with Crippen LogP contribution in [0.1, 0.15) is 25.3 Å². The van der Waals surface area contributed by atoms with Crippen LogP contribution in [0.25, 0.3) is 0 Å². The molecule has 2 rings (SSSR count). The van der Waals surface area contributed by atoms with Crippen LogP contribution in [0.2, 0.25) is 0 Å². The zero-order chi connectivity index (χ0) is 13.0. The molecule has 0 bridgehead atoms. The normalized spacial score (nSPS) is 17.9. The molecule has 0 saturated carbocycles. The van der Waals surface area contributed by atoms with E-state index in [1.165, 1.54) is 25.9 Å². The van der Waals surface area contributed by atoms with Gasteiger partial charge in [0.15, 0.2) is 0 Å². The topological polar surface area (TPSA) is 38.5 Å². The van der Waals surface area contributed by atoms with E-state index in [4.69, 9.17) is 10.5 Å². The molecule has 3 heteroatoms. The fraction of sp³-hybridized carbons (Fsp3) is 0.600. The van der Waals surface area contributed by atoms with Gasteiger partial charge in [-0.2, -0.15) is 0 Å². The second kappa shape index (κ2) is 6.10. The van der Waals surface area contributed by atoms with Gasteiger partial charge >= 0.3 is 0 Å². The van der Waals surface area contributed by atoms with Crippen LogP contribution in [-0.2, 0) is 0 Å². The molecule has 18 heavy (non-hydrogen) atoms. The number of nitrogen functional groups attached to an aromatic ring is 1. The van der Waals surface area contributed by atoms with Gasteiger partial charge in [0, 0.05) is 12.2 Å². The molecule has 0 radical (unpaired) electrons. The van der Waals surface area contributed by atoms with Crippen molar-refractivity contribution in [2.45, 2.75) is 26.7 Å². The summed E-state index contributed by atoms with van der Waals surface area (Å²) >= 11 is 0. The highest BCUT2D eigenvalue weighted by Crippen LogP contribution is 2.19. The third kappa shape index (κ3) is 3.64. The molecule has 1 heterocycles. The van der Waals surface area contributed by atoms with Crippen molar-refractivity contribution in [2.75, 3.05) is 32.0 Å². The highest BCUT2D eigenvalue weighted by molar-refractivity contribution is 5.49. The van der Waals surface area contributed by atoms with E-state index in [-0.39, 0.29) is 0 Å². The number of hydrogen-bond acceptors (Lipinski definition) is 3. The number of anilines is 1. The van der Waals surface area contributed by atoms with Crippen LogP contribution in [-0.4, -0.2) is 31.1 Å². The smallest absolute Gasteiger partial charge is 0.119 e. The summed E-state index contributed by atoms with van der Waals surface area (Å²) in [7, 11) is 0. The van der Waals surface area contributed by atoms with E-state index in [9.17, 15) is 0 Å². The molecule has 1 aliphatic heterocycles. The van der Waals surface area contributed by atoms with Gasteiger partial charge in [-0.1, -0.05) is 6.92 Å². The van der Waals surface area contributed by atoms with Crippen LogP contribution in [0.3, 0.4) is 0 Å². The quantitative estimate of drug-likeness (QED) is 0.833. The van der Waals surface area contributed by atoms with Crippen LogP contribution < -0.4 is 10.5 Å². The van der Waals surface area contributed by atoms with Crippen LogP contribution in [0, 0.1) is 12.8 Å². The Kier molecular flexibility index (Phi) is 4.48. The number of nitrogens with two attached hydrogens (primary N) is 1. The number of ether oxygens (including phenoxy) is 1. The lowest BCUT2D eigenvalue weighted by Crippen LogP contribution is -2.35. The highest BCUT2D eigenvalue weighted by atomic mass is 16.5. The monoisotopic (exact) mass is 248 g/mol. The number of likely N-dealkylation sites (tertiary alicyclic amines) is 1. The lowest BCUT2D eigenvalue weighted by molar-refractivity contribution is 0.160. The lowest BCUT2D eigenvalue weighted by atomic mass is 9.99. The number of rotatable bonds is 4. The zero-order valence-corrected chi connectivity index (χ0v) is 11.5. The van der Waals surface area contributed by atoms with E-state index < -0.39 is 0 Å². The van der Waals surface area contributed by atoms with Gasteiger partial charge in [0.2, 0.25) is 0 Å². The molecule has 2 N–H and O–H groups in total. The standard InChI is InChI=1S/C15H24N2O/c1-12-5-7-17(8-6-12)9-10-18-14-3-4-15(16)13(2)11-14/h3-4,11-12H,5-10,16H2,1-2H3. The molecule has 0 unspecified atom stereocenters. The lowest BCUT2D eigenvalue weighted by Gasteiger charge is -2.29. The van der Waals surface area contributed by atoms with Crippen molar-refractivity contribution in [3.8, 4) is 5.75 Å². The Morgan fingerprint density at radius 3 is 2.72 bits per heavy atom. The van der Waals surface area contributed by atoms with Crippen molar-refractivity contribution >= 4 is 5.69 Å². The molecule has 0 spiro atoms. The summed E-state index contributed by atoms with van der Waals surface area (Å²) in [6, 6.07) is 5.86. The largest absolute Gasteiger partial charge is 0.492 e. The van der Waals surface area contributed by atoms with Gasteiger partial charge < -0.3 is 10.5 Å². The van der Waals surface area contributed by atoms with Crippen LogP contribution >= 0.6 is 0 Å². The number of hydrogen-bond donors (Lipinski definition) is 1. The first-order chi connectivity index (χ1) is 8.65. The van der Waals surface area contributed by atoms with Crippen molar-refractivity contribution in [3.05, 3.63) is 23.8 Å². The maximum Gasteiger partial charge on any atom is 0.119 e. The van der Waals surface area contributed by atoms with Crippen LogP contribution in [0.5, 0.6) is 5.75 Å². The van der Waals surface area contributed by atoms with E-state index in [0.717, 1.165) is 36.1 Å². The number of piperidine rings is 1. The Morgan fingerprint density at radius 2 is 2.06 bits per heavy atom. The van der Waals surface area contributed by atoms with E-state index in [2.05, 4.69) is 11.8 Å². The van der Waals surface area contributed by atoms with Gasteiger partial charge in [-0.05, 0) is 62.5 Å². The van der Waals surface area contributed by atoms with Gasteiger partial charge in [0.1, 0.15) is 12.4 Å². The van der Waals surface area contributed by atoms with Gasteiger partial charge in [-0.25, -0.2) is 0 Å². The fourth-order valence-corrected chi connectivity index (χ4v) is 2.32. The van der Waals surface area contributed by atoms with Crippen molar-refractivity contribution < 1.29 is 4.74 Å². The maximum atomic E-state index is 5.78. The van der Waals surface area contributed by atoms with Crippen LogP contribution in [0.4, 0.5) is 5.69 Å². The first kappa shape index (κ1) is 13.2. The average molecular weight is 248 g/mol. The summed E-state index contributed by atoms with van der Waals surface area (Å²) in [5, 5.41) is 0. The second-order valence-electron chi connectivity index (χ2n) is 5.39. The van der Waals surface area contributed by atoms with E-state index in [1.807, 2.05) is 25.1 Å². The molecule has 1 fully saturated rings. The zero-order valence-electron chi connectivity index (χ0n) is 11.5. The van der Waals surface area contributed by atoms with Crippen molar-refractivity contribution in [1.82, 2.24) is 4.90 Å². The van der Waals surface area contributed by atoms with Gasteiger partial charge in [-0.3, -0.25) is 4.90 Å². The van der Waals surface area contributed by atoms with Gasteiger partial charge in [-0.15, -0.1) is 0 Å². The summed E-state index contributed by atoms with van der Waals surface area (Å²) in [6.07, 6.45) is 2.64. The Balaban J connectivity index is 1.73. The van der Waals surface area contributed by atoms with Crippen molar-refractivity contribution in [2.24, 2.45) is 5.92 Å². The van der Waals surface area contributed by atoms with E-state index in [0.29, 0.717) is 0 Å². The summed E-state index contributed by atoms with van der Waals surface area (Å²) in [5.74, 6) is 1.81. The summed E-state index contributed by atoms with van der Waals surface area (Å²) in [4.78, 5) is 2.49. The summed E-state index contributed by atoms with van der Waals surface area (Å²) in [6.45, 7) is 8.56. The highest BCUT2D eigenvalue weighted by Gasteiger charge is 2.15. The fourth-order valence-electron chi connectivity index (χ4n) is 2.32. The Hall–Kier alpha value is -1.22.